The Hall–Kier alpha value is -2.89. The van der Waals surface area contributed by atoms with E-state index in [9.17, 15) is 25.2 Å². The summed E-state index contributed by atoms with van der Waals surface area (Å²) in [5.74, 6) is -1.74. The van der Waals surface area contributed by atoms with Crippen LogP contribution in [-0.4, -0.2) is 32.9 Å². The average molecular weight is 289 g/mol. The van der Waals surface area contributed by atoms with Crippen LogP contribution >= 0.6 is 0 Å². The molecule has 0 saturated heterocycles. The van der Waals surface area contributed by atoms with E-state index in [1.54, 1.807) is 6.07 Å². The lowest BCUT2D eigenvalue weighted by molar-refractivity contribution is 0.0951. The van der Waals surface area contributed by atoms with Crippen molar-refractivity contribution in [3.63, 3.8) is 0 Å². The van der Waals surface area contributed by atoms with Crippen LogP contribution in [0.25, 0.3) is 0 Å². The van der Waals surface area contributed by atoms with Crippen molar-refractivity contribution in [1.29, 1.82) is 0 Å². The van der Waals surface area contributed by atoms with Crippen LogP contribution in [0.1, 0.15) is 15.9 Å². The summed E-state index contributed by atoms with van der Waals surface area (Å²) in [7, 11) is 0. The largest absolute Gasteiger partial charge is 0.504 e. The number of amides is 1. The summed E-state index contributed by atoms with van der Waals surface area (Å²) in [6.45, 7) is 0.276. The summed E-state index contributed by atoms with van der Waals surface area (Å²) in [5, 5.41) is 40.0. The predicted octanol–water partition coefficient (Wildman–Crippen LogP) is 1.48. The summed E-state index contributed by atoms with van der Waals surface area (Å²) in [6.07, 6.45) is 0.444. The van der Waals surface area contributed by atoms with Crippen molar-refractivity contribution in [2.75, 3.05) is 6.54 Å². The molecule has 0 fully saturated rings. The van der Waals surface area contributed by atoms with Gasteiger partial charge in [0.25, 0.3) is 5.91 Å². The molecule has 1 amide bonds. The maximum atomic E-state index is 11.9. The van der Waals surface area contributed by atoms with Gasteiger partial charge in [-0.2, -0.15) is 0 Å². The first-order chi connectivity index (χ1) is 9.99. The monoisotopic (exact) mass is 289 g/mol. The highest BCUT2D eigenvalue weighted by Crippen LogP contribution is 2.28. The first kappa shape index (κ1) is 14.5. The van der Waals surface area contributed by atoms with Crippen molar-refractivity contribution in [2.24, 2.45) is 0 Å². The maximum Gasteiger partial charge on any atom is 0.255 e. The van der Waals surface area contributed by atoms with E-state index in [0.717, 1.165) is 5.56 Å². The molecule has 5 N–H and O–H groups in total. The fourth-order valence-corrected chi connectivity index (χ4v) is 1.85. The van der Waals surface area contributed by atoms with Gasteiger partial charge in [0.2, 0.25) is 0 Å². The lowest BCUT2D eigenvalue weighted by Crippen LogP contribution is -2.25. The number of phenols is 4. The van der Waals surface area contributed by atoms with Gasteiger partial charge in [0.15, 0.2) is 23.0 Å². The molecule has 110 valence electrons. The average Bonchev–Trinajstić information content (AvgIpc) is 2.45. The summed E-state index contributed by atoms with van der Waals surface area (Å²) in [4.78, 5) is 11.9. The lowest BCUT2D eigenvalue weighted by atomic mass is 10.1. The molecule has 0 aromatic heterocycles. The Kier molecular flexibility index (Phi) is 4.18. The first-order valence-electron chi connectivity index (χ1n) is 6.29. The first-order valence-corrected chi connectivity index (χ1v) is 6.29. The normalized spacial score (nSPS) is 10.3. The van der Waals surface area contributed by atoms with E-state index in [4.69, 9.17) is 0 Å². The summed E-state index contributed by atoms with van der Waals surface area (Å²) >= 11 is 0. The smallest absolute Gasteiger partial charge is 0.255 e. The molecule has 0 radical (unpaired) electrons. The number of hydrogen-bond donors (Lipinski definition) is 5. The molecule has 2 rings (SSSR count). The quantitative estimate of drug-likeness (QED) is 0.548. The summed E-state index contributed by atoms with van der Waals surface area (Å²) in [5.41, 5.74) is 0.731. The van der Waals surface area contributed by atoms with Crippen LogP contribution in [0.4, 0.5) is 0 Å². The maximum absolute atomic E-state index is 11.9. The van der Waals surface area contributed by atoms with Gasteiger partial charge in [-0.15, -0.1) is 0 Å². The number of para-hydroxylation sites is 1. The Labute approximate surface area is 120 Å². The highest BCUT2D eigenvalue weighted by Gasteiger charge is 2.13. The molecule has 6 nitrogen and oxygen atoms in total. The van der Waals surface area contributed by atoms with Gasteiger partial charge in [-0.3, -0.25) is 4.79 Å². The number of benzene rings is 2. The molecule has 0 aliphatic heterocycles. The van der Waals surface area contributed by atoms with Gasteiger partial charge in [0.1, 0.15) is 0 Å². The Morgan fingerprint density at radius 3 is 2.43 bits per heavy atom. The van der Waals surface area contributed by atoms with Crippen LogP contribution in [0.5, 0.6) is 23.0 Å². The SMILES string of the molecule is O=C(NCCc1ccc(O)c(O)c1)c1cccc(O)c1O. The van der Waals surface area contributed by atoms with Gasteiger partial charge in [-0.05, 0) is 36.2 Å². The molecular weight excluding hydrogens is 274 g/mol. The van der Waals surface area contributed by atoms with E-state index in [2.05, 4.69) is 5.32 Å². The second kappa shape index (κ2) is 6.04. The molecule has 0 saturated carbocycles. The molecular formula is C15H15NO5. The predicted molar refractivity (Wildman–Crippen MR) is 75.6 cm³/mol. The van der Waals surface area contributed by atoms with E-state index in [0.29, 0.717) is 6.42 Å². The molecule has 0 heterocycles. The summed E-state index contributed by atoms with van der Waals surface area (Å²) in [6, 6.07) is 8.55. The number of nitrogens with one attached hydrogen (secondary N) is 1. The number of rotatable bonds is 4. The van der Waals surface area contributed by atoms with Crippen LogP contribution in [0.15, 0.2) is 36.4 Å². The number of carbonyl (C=O) groups is 1. The molecule has 2 aromatic rings. The zero-order valence-electron chi connectivity index (χ0n) is 11.1. The molecule has 0 aliphatic rings. The standard InChI is InChI=1S/C15H15NO5/c17-11-5-4-9(8-13(11)19)6-7-16-15(21)10-2-1-3-12(18)14(10)20/h1-5,8,17-20H,6-7H2,(H,16,21). The Morgan fingerprint density at radius 2 is 1.71 bits per heavy atom. The second-order valence-electron chi connectivity index (χ2n) is 4.50. The van der Waals surface area contributed by atoms with Gasteiger partial charge in [-0.1, -0.05) is 12.1 Å². The molecule has 0 atom stereocenters. The van der Waals surface area contributed by atoms with E-state index in [-0.39, 0.29) is 29.4 Å². The van der Waals surface area contributed by atoms with Crippen LogP contribution in [-0.2, 0) is 6.42 Å². The van der Waals surface area contributed by atoms with Crippen LogP contribution < -0.4 is 5.32 Å². The van der Waals surface area contributed by atoms with Crippen LogP contribution in [0.2, 0.25) is 0 Å². The third-order valence-corrected chi connectivity index (χ3v) is 3.00. The van der Waals surface area contributed by atoms with E-state index >= 15 is 0 Å². The molecule has 0 aliphatic carbocycles. The Bertz CT molecular complexity index is 669. The fourth-order valence-electron chi connectivity index (χ4n) is 1.85. The zero-order chi connectivity index (χ0) is 15.4. The van der Waals surface area contributed by atoms with Crippen molar-refractivity contribution in [1.82, 2.24) is 5.32 Å². The van der Waals surface area contributed by atoms with Gasteiger partial charge < -0.3 is 25.7 Å². The second-order valence-corrected chi connectivity index (χ2v) is 4.50. The number of aromatic hydroxyl groups is 4. The summed E-state index contributed by atoms with van der Waals surface area (Å²) < 4.78 is 0. The number of phenolic OH excluding ortho intramolecular Hbond substituents is 4. The van der Waals surface area contributed by atoms with Crippen molar-refractivity contribution in [3.05, 3.63) is 47.5 Å². The van der Waals surface area contributed by atoms with Gasteiger partial charge in [0, 0.05) is 6.54 Å². The van der Waals surface area contributed by atoms with Crippen molar-refractivity contribution in [2.45, 2.75) is 6.42 Å². The number of carbonyl (C=O) groups excluding carboxylic acids is 1. The highest BCUT2D eigenvalue weighted by atomic mass is 16.3. The minimum absolute atomic E-state index is 0.0106. The van der Waals surface area contributed by atoms with E-state index in [1.807, 2.05) is 0 Å². The zero-order valence-corrected chi connectivity index (χ0v) is 11.1. The van der Waals surface area contributed by atoms with E-state index < -0.39 is 11.7 Å². The van der Waals surface area contributed by atoms with Gasteiger partial charge in [0.05, 0.1) is 5.56 Å². The van der Waals surface area contributed by atoms with Crippen LogP contribution in [0.3, 0.4) is 0 Å². The third kappa shape index (κ3) is 3.36. The number of hydrogen-bond acceptors (Lipinski definition) is 5. The van der Waals surface area contributed by atoms with Crippen molar-refractivity contribution >= 4 is 5.91 Å². The topological polar surface area (TPSA) is 110 Å². The van der Waals surface area contributed by atoms with Crippen molar-refractivity contribution < 1.29 is 25.2 Å². The minimum Gasteiger partial charge on any atom is -0.504 e. The molecule has 0 unspecified atom stereocenters. The van der Waals surface area contributed by atoms with E-state index in [1.165, 1.54) is 30.3 Å². The fraction of sp³-hybridized carbons (Fsp3) is 0.133. The molecule has 6 heteroatoms. The molecule has 0 spiro atoms. The molecule has 21 heavy (non-hydrogen) atoms. The van der Waals surface area contributed by atoms with Gasteiger partial charge >= 0.3 is 0 Å². The molecule has 0 bridgehead atoms. The Balaban J connectivity index is 1.95. The van der Waals surface area contributed by atoms with Gasteiger partial charge in [-0.25, -0.2) is 0 Å². The van der Waals surface area contributed by atoms with Crippen LogP contribution in [0, 0.1) is 0 Å². The molecule has 2 aromatic carbocycles. The minimum atomic E-state index is -0.508. The van der Waals surface area contributed by atoms with Crippen molar-refractivity contribution in [3.8, 4) is 23.0 Å². The highest BCUT2D eigenvalue weighted by molar-refractivity contribution is 5.97. The third-order valence-electron chi connectivity index (χ3n) is 3.00. The Morgan fingerprint density at radius 1 is 0.952 bits per heavy atom. The lowest BCUT2D eigenvalue weighted by Gasteiger charge is -2.08.